The van der Waals surface area contributed by atoms with Crippen LogP contribution in [0, 0.1) is 4.91 Å². The molecule has 6 heteroatoms. The van der Waals surface area contributed by atoms with Gasteiger partial charge in [-0.1, -0.05) is 34.6 Å². The van der Waals surface area contributed by atoms with Crippen molar-refractivity contribution in [2.75, 3.05) is 0 Å². The molecule has 0 saturated carbocycles. The predicted octanol–water partition coefficient (Wildman–Crippen LogP) is 2.82. The summed E-state index contributed by atoms with van der Waals surface area (Å²) in [6.45, 7) is 4.64. The van der Waals surface area contributed by atoms with Crippen LogP contribution in [0.2, 0.25) is 0 Å². The van der Waals surface area contributed by atoms with E-state index in [1.165, 1.54) is 6.92 Å². The Morgan fingerprint density at radius 3 is 2.80 bits per heavy atom. The third-order valence-corrected chi connectivity index (χ3v) is 2.61. The molecule has 20 heavy (non-hydrogen) atoms. The number of rotatable bonds is 4. The van der Waals surface area contributed by atoms with Crippen molar-refractivity contribution in [3.05, 3.63) is 65.0 Å². The minimum absolute atomic E-state index is 0.216. The van der Waals surface area contributed by atoms with Gasteiger partial charge in [0.15, 0.2) is 0 Å². The molecule has 0 aromatic heterocycles. The van der Waals surface area contributed by atoms with Crippen molar-refractivity contribution < 1.29 is 14.4 Å². The molecular formula is C14H12N2O4. The van der Waals surface area contributed by atoms with Crippen LogP contribution in [0.5, 0.6) is 0 Å². The van der Waals surface area contributed by atoms with Crippen molar-refractivity contribution in [2.24, 2.45) is 10.3 Å². The third kappa shape index (κ3) is 2.97. The zero-order chi connectivity index (χ0) is 14.5. The summed E-state index contributed by atoms with van der Waals surface area (Å²) in [6, 6.07) is 6.68. The summed E-state index contributed by atoms with van der Waals surface area (Å²) in [6.07, 6.45) is 3.24. The van der Waals surface area contributed by atoms with E-state index in [2.05, 4.69) is 21.6 Å². The van der Waals surface area contributed by atoms with Gasteiger partial charge in [0.1, 0.15) is 11.8 Å². The lowest BCUT2D eigenvalue weighted by atomic mass is 9.92. The first-order valence-corrected chi connectivity index (χ1v) is 5.84. The Hall–Kier alpha value is -2.76. The maximum absolute atomic E-state index is 10.8. The Morgan fingerprint density at radius 1 is 1.35 bits per heavy atom. The summed E-state index contributed by atoms with van der Waals surface area (Å²) < 4.78 is 4.62. The van der Waals surface area contributed by atoms with E-state index in [9.17, 15) is 9.70 Å². The van der Waals surface area contributed by atoms with Crippen molar-refractivity contribution in [3.63, 3.8) is 0 Å². The molecule has 0 amide bonds. The number of nitrogens with zero attached hydrogens (tertiary/aromatic N) is 2. The number of carbonyl (C=O) groups is 1. The van der Waals surface area contributed by atoms with Gasteiger partial charge in [0.05, 0.1) is 0 Å². The molecule has 0 aliphatic heterocycles. The van der Waals surface area contributed by atoms with Gasteiger partial charge in [-0.2, -0.15) is 0 Å². The van der Waals surface area contributed by atoms with E-state index in [0.717, 1.165) is 11.1 Å². The van der Waals surface area contributed by atoms with E-state index >= 15 is 0 Å². The maximum atomic E-state index is 10.8. The van der Waals surface area contributed by atoms with Crippen LogP contribution < -0.4 is 0 Å². The Kier molecular flexibility index (Phi) is 4.05. The van der Waals surface area contributed by atoms with Crippen LogP contribution in [0.3, 0.4) is 0 Å². The summed E-state index contributed by atoms with van der Waals surface area (Å²) in [5.74, 6) is -0.758. The van der Waals surface area contributed by atoms with Crippen LogP contribution >= 0.6 is 0 Å². The highest BCUT2D eigenvalue weighted by atomic mass is 16.8. The third-order valence-electron chi connectivity index (χ3n) is 2.61. The smallest absolute Gasteiger partial charge is 0.310 e. The van der Waals surface area contributed by atoms with Gasteiger partial charge in [-0.05, 0) is 24.3 Å². The Balaban J connectivity index is 2.23. The molecule has 2 rings (SSSR count). The highest BCUT2D eigenvalue weighted by Crippen LogP contribution is 2.28. The summed E-state index contributed by atoms with van der Waals surface area (Å²) in [5.41, 5.74) is 1.97. The lowest BCUT2D eigenvalue weighted by Crippen LogP contribution is -2.10. The largest absolute Gasteiger partial charge is 0.392 e. The first-order chi connectivity index (χ1) is 9.61. The SMILES string of the molecule is C=C(ON=C1C=CC(N=O)c2ccccc21)OC(C)=O. The van der Waals surface area contributed by atoms with Crippen LogP contribution in [0.25, 0.3) is 0 Å². The topological polar surface area (TPSA) is 77.3 Å². The number of nitroso groups, excluding NO2 is 1. The summed E-state index contributed by atoms with van der Waals surface area (Å²) in [7, 11) is 0. The second-order valence-corrected chi connectivity index (χ2v) is 4.03. The molecule has 1 aromatic carbocycles. The highest BCUT2D eigenvalue weighted by Gasteiger charge is 2.20. The lowest BCUT2D eigenvalue weighted by Gasteiger charge is -2.16. The molecule has 0 saturated heterocycles. The van der Waals surface area contributed by atoms with Gasteiger partial charge in [0.2, 0.25) is 0 Å². The van der Waals surface area contributed by atoms with Gasteiger partial charge in [0.25, 0.3) is 0 Å². The fourth-order valence-electron chi connectivity index (χ4n) is 1.81. The standard InChI is InChI=1S/C14H12N2O4/c1-9(17)19-10(2)20-16-14-8-7-13(15-18)11-5-3-4-6-12(11)14/h3-8,13H,2H2,1H3. The van der Waals surface area contributed by atoms with Gasteiger partial charge in [0, 0.05) is 12.5 Å². The number of allylic oxidation sites excluding steroid dienone is 1. The molecule has 0 N–H and O–H groups in total. The number of carbonyl (C=O) groups excluding carboxylic acids is 1. The lowest BCUT2D eigenvalue weighted by molar-refractivity contribution is -0.142. The number of benzene rings is 1. The van der Waals surface area contributed by atoms with Crippen LogP contribution in [0.15, 0.2) is 59.3 Å². The minimum Gasteiger partial charge on any atom is -0.392 e. The Morgan fingerprint density at radius 2 is 2.10 bits per heavy atom. The molecule has 1 aromatic rings. The molecule has 0 fully saturated rings. The van der Waals surface area contributed by atoms with Gasteiger partial charge < -0.3 is 9.57 Å². The molecule has 1 aliphatic rings. The Bertz CT molecular complexity index is 619. The van der Waals surface area contributed by atoms with Gasteiger partial charge in [-0.3, -0.25) is 4.79 Å². The van der Waals surface area contributed by atoms with Crippen molar-refractivity contribution in [2.45, 2.75) is 13.0 Å². The van der Waals surface area contributed by atoms with Crippen LogP contribution in [-0.4, -0.2) is 11.7 Å². The van der Waals surface area contributed by atoms with E-state index in [0.29, 0.717) is 5.71 Å². The van der Waals surface area contributed by atoms with Crippen LogP contribution in [0.1, 0.15) is 24.1 Å². The van der Waals surface area contributed by atoms with Crippen LogP contribution in [0.4, 0.5) is 0 Å². The van der Waals surface area contributed by atoms with E-state index in [1.54, 1.807) is 24.3 Å². The quantitative estimate of drug-likeness (QED) is 0.365. The van der Waals surface area contributed by atoms with Crippen molar-refractivity contribution in [1.29, 1.82) is 0 Å². The fraction of sp³-hybridized carbons (Fsp3) is 0.143. The van der Waals surface area contributed by atoms with Crippen LogP contribution in [-0.2, 0) is 14.4 Å². The van der Waals surface area contributed by atoms with E-state index < -0.39 is 12.0 Å². The number of fused-ring (bicyclic) bond motifs is 1. The van der Waals surface area contributed by atoms with E-state index in [-0.39, 0.29) is 5.95 Å². The summed E-state index contributed by atoms with van der Waals surface area (Å²) >= 11 is 0. The zero-order valence-electron chi connectivity index (χ0n) is 10.8. The van der Waals surface area contributed by atoms with Gasteiger partial charge in [-0.15, -0.1) is 4.91 Å². The monoisotopic (exact) mass is 272 g/mol. The molecule has 1 atom stereocenters. The number of hydrogen-bond donors (Lipinski definition) is 0. The Labute approximate surface area is 115 Å². The normalized spacial score (nSPS) is 18.2. The number of hydrogen-bond acceptors (Lipinski definition) is 6. The molecule has 6 nitrogen and oxygen atoms in total. The molecule has 1 aliphatic carbocycles. The predicted molar refractivity (Wildman–Crippen MR) is 72.6 cm³/mol. The average Bonchev–Trinajstić information content (AvgIpc) is 2.44. The van der Waals surface area contributed by atoms with Gasteiger partial charge >= 0.3 is 11.9 Å². The number of oxime groups is 1. The van der Waals surface area contributed by atoms with E-state index in [4.69, 9.17) is 4.84 Å². The van der Waals surface area contributed by atoms with Gasteiger partial charge in [-0.25, -0.2) is 0 Å². The van der Waals surface area contributed by atoms with Crippen molar-refractivity contribution >= 4 is 11.7 Å². The molecule has 0 bridgehead atoms. The second kappa shape index (κ2) is 5.92. The molecule has 0 heterocycles. The molecular weight excluding hydrogens is 260 g/mol. The molecule has 0 radical (unpaired) electrons. The fourth-order valence-corrected chi connectivity index (χ4v) is 1.81. The zero-order valence-corrected chi connectivity index (χ0v) is 10.8. The first kappa shape index (κ1) is 13.7. The van der Waals surface area contributed by atoms with Crippen molar-refractivity contribution in [3.8, 4) is 0 Å². The number of esters is 1. The minimum atomic E-state index is -0.542. The average molecular weight is 272 g/mol. The molecule has 102 valence electrons. The summed E-state index contributed by atoms with van der Waals surface area (Å²) in [4.78, 5) is 26.4. The van der Waals surface area contributed by atoms with Crippen molar-refractivity contribution in [1.82, 2.24) is 0 Å². The molecule has 0 spiro atoms. The second-order valence-electron chi connectivity index (χ2n) is 4.03. The highest BCUT2D eigenvalue weighted by molar-refractivity contribution is 6.10. The summed E-state index contributed by atoms with van der Waals surface area (Å²) in [5, 5.41) is 6.89. The maximum Gasteiger partial charge on any atom is 0.310 e. The molecule has 1 unspecified atom stereocenters. The van der Waals surface area contributed by atoms with E-state index in [1.807, 2.05) is 12.1 Å². The first-order valence-electron chi connectivity index (χ1n) is 5.84. The number of ether oxygens (including phenoxy) is 1.